The van der Waals surface area contributed by atoms with Crippen molar-refractivity contribution in [3.8, 4) is 0 Å². The van der Waals surface area contributed by atoms with Gasteiger partial charge in [-0.3, -0.25) is 0 Å². The summed E-state index contributed by atoms with van der Waals surface area (Å²) < 4.78 is 0. The van der Waals surface area contributed by atoms with Crippen LogP contribution in [-0.2, 0) is 16.6 Å². The van der Waals surface area contributed by atoms with Crippen molar-refractivity contribution in [3.63, 3.8) is 0 Å². The number of aliphatic hydroxyl groups is 2. The summed E-state index contributed by atoms with van der Waals surface area (Å²) >= 11 is 0. The van der Waals surface area contributed by atoms with Crippen molar-refractivity contribution in [1.82, 2.24) is 0 Å². The smallest absolute Gasteiger partial charge is 0.141 e. The van der Waals surface area contributed by atoms with E-state index in [-0.39, 0.29) is 5.41 Å². The maximum atomic E-state index is 13.0. The topological polar surface area (TPSA) is 40.5 Å². The molecule has 0 fully saturated rings. The predicted octanol–water partition coefficient (Wildman–Crippen LogP) is 8.17. The van der Waals surface area contributed by atoms with Crippen LogP contribution in [0.15, 0.2) is 127 Å². The second kappa shape index (κ2) is 8.63. The van der Waals surface area contributed by atoms with Crippen molar-refractivity contribution in [2.24, 2.45) is 0 Å². The van der Waals surface area contributed by atoms with E-state index in [1.807, 2.05) is 66.7 Å². The van der Waals surface area contributed by atoms with Gasteiger partial charge in [0.05, 0.1) is 0 Å². The van der Waals surface area contributed by atoms with E-state index in [9.17, 15) is 10.2 Å². The van der Waals surface area contributed by atoms with Crippen LogP contribution in [0.25, 0.3) is 21.5 Å². The fraction of sp³-hybridized carbons (Fsp3) is 0.158. The Hall–Kier alpha value is -4.24. The summed E-state index contributed by atoms with van der Waals surface area (Å²) in [7, 11) is 0. The van der Waals surface area contributed by atoms with Crippen LogP contribution in [-0.4, -0.2) is 10.2 Å². The lowest BCUT2D eigenvalue weighted by Gasteiger charge is -2.46. The molecule has 0 bridgehead atoms. The zero-order valence-electron chi connectivity index (χ0n) is 23.0. The quantitative estimate of drug-likeness (QED) is 0.242. The van der Waals surface area contributed by atoms with E-state index in [4.69, 9.17) is 0 Å². The maximum Gasteiger partial charge on any atom is 0.141 e. The molecule has 2 atom stereocenters. The first-order chi connectivity index (χ1) is 19.2. The molecule has 0 saturated carbocycles. The van der Waals surface area contributed by atoms with Gasteiger partial charge in [0.25, 0.3) is 0 Å². The van der Waals surface area contributed by atoms with Gasteiger partial charge in [-0.15, -0.1) is 0 Å². The zero-order chi connectivity index (χ0) is 27.7. The Morgan fingerprint density at radius 2 is 0.850 bits per heavy atom. The molecule has 6 aromatic carbocycles. The molecule has 2 unspecified atom stereocenters. The molecule has 0 spiro atoms. The number of hydrogen-bond donors (Lipinski definition) is 2. The van der Waals surface area contributed by atoms with Crippen LogP contribution in [0.5, 0.6) is 0 Å². The van der Waals surface area contributed by atoms with Gasteiger partial charge in [-0.2, -0.15) is 0 Å². The van der Waals surface area contributed by atoms with Crippen molar-refractivity contribution in [2.75, 3.05) is 0 Å². The Bertz CT molecular complexity index is 1930. The van der Waals surface area contributed by atoms with Gasteiger partial charge < -0.3 is 10.2 Å². The van der Waals surface area contributed by atoms with Gasteiger partial charge in [-0.25, -0.2) is 0 Å². The van der Waals surface area contributed by atoms with E-state index in [2.05, 4.69) is 81.4 Å². The molecular formula is C38H32O2. The first-order valence-corrected chi connectivity index (χ1v) is 13.9. The first-order valence-electron chi connectivity index (χ1n) is 13.9. The molecule has 1 aliphatic rings. The molecule has 0 aromatic heterocycles. The Balaban J connectivity index is 1.58. The van der Waals surface area contributed by atoms with E-state index in [0.717, 1.165) is 38.2 Å². The Morgan fingerprint density at radius 3 is 1.35 bits per heavy atom. The van der Waals surface area contributed by atoms with Crippen LogP contribution in [0.4, 0.5) is 0 Å². The molecule has 0 aliphatic heterocycles. The minimum Gasteiger partial charge on any atom is -0.376 e. The zero-order valence-corrected chi connectivity index (χ0v) is 23.0. The number of fused-ring (bicyclic) bond motifs is 4. The number of hydrogen-bond acceptors (Lipinski definition) is 2. The Morgan fingerprint density at radius 1 is 0.425 bits per heavy atom. The molecule has 0 heterocycles. The normalized spacial score (nSPS) is 20.3. The highest BCUT2D eigenvalue weighted by atomic mass is 16.3. The molecule has 0 amide bonds. The molecule has 2 nitrogen and oxygen atoms in total. The molecule has 6 aromatic rings. The van der Waals surface area contributed by atoms with Crippen LogP contribution in [0.1, 0.15) is 59.7 Å². The average Bonchev–Trinajstić information content (AvgIpc) is 2.98. The second-order valence-electron chi connectivity index (χ2n) is 12.1. The van der Waals surface area contributed by atoms with Gasteiger partial charge in [0.1, 0.15) is 11.2 Å². The summed E-state index contributed by atoms with van der Waals surface area (Å²) in [5, 5.41) is 30.3. The summed E-state index contributed by atoms with van der Waals surface area (Å²) in [6.07, 6.45) is 0. The van der Waals surface area contributed by atoms with Crippen molar-refractivity contribution in [2.45, 2.75) is 37.4 Å². The summed E-state index contributed by atoms with van der Waals surface area (Å²) in [6.45, 7) is 6.53. The van der Waals surface area contributed by atoms with Crippen molar-refractivity contribution in [1.29, 1.82) is 0 Å². The molecule has 7 rings (SSSR count). The number of benzene rings is 6. The van der Waals surface area contributed by atoms with Crippen LogP contribution in [0.2, 0.25) is 0 Å². The van der Waals surface area contributed by atoms with Crippen LogP contribution in [0, 0.1) is 0 Å². The Labute approximate surface area is 235 Å². The Kier molecular flexibility index (Phi) is 5.34. The molecule has 0 saturated heterocycles. The maximum absolute atomic E-state index is 13.0. The molecule has 0 radical (unpaired) electrons. The highest BCUT2D eigenvalue weighted by molar-refractivity contribution is 5.85. The molecule has 2 heteroatoms. The van der Waals surface area contributed by atoms with Crippen LogP contribution in [0.3, 0.4) is 0 Å². The van der Waals surface area contributed by atoms with Gasteiger partial charge >= 0.3 is 0 Å². The fourth-order valence-corrected chi connectivity index (χ4v) is 6.48. The lowest BCUT2D eigenvalue weighted by atomic mass is 9.62. The minimum absolute atomic E-state index is 0.142. The summed E-state index contributed by atoms with van der Waals surface area (Å²) in [5.41, 5.74) is 2.42. The van der Waals surface area contributed by atoms with E-state index in [0.29, 0.717) is 22.3 Å². The third-order valence-electron chi connectivity index (χ3n) is 8.71. The summed E-state index contributed by atoms with van der Waals surface area (Å²) in [4.78, 5) is 0. The number of rotatable bonds is 2. The highest BCUT2D eigenvalue weighted by Crippen LogP contribution is 2.54. The van der Waals surface area contributed by atoms with Crippen molar-refractivity contribution in [3.05, 3.63) is 166 Å². The minimum atomic E-state index is -1.46. The van der Waals surface area contributed by atoms with Crippen molar-refractivity contribution >= 4 is 21.5 Å². The summed E-state index contributed by atoms with van der Waals surface area (Å²) in [5.74, 6) is 0. The highest BCUT2D eigenvalue weighted by Gasteiger charge is 2.51. The molecule has 196 valence electrons. The standard InChI is InChI=1S/C38H32O2/c1-36(2,3)29-20-21-34-35(24-29)38(40,31-19-17-26-11-5-7-13-28(26)23-31)33-15-9-8-14-32(33)37(34,39)30-18-16-25-10-4-6-12-27(25)22-30/h4-24,39-40H,1-3H3. The van der Waals surface area contributed by atoms with Gasteiger partial charge in [0.15, 0.2) is 0 Å². The van der Waals surface area contributed by atoms with Gasteiger partial charge in [-0.1, -0.05) is 136 Å². The lowest BCUT2D eigenvalue weighted by molar-refractivity contribution is 0.0747. The fourth-order valence-electron chi connectivity index (χ4n) is 6.48. The van der Waals surface area contributed by atoms with E-state index < -0.39 is 11.2 Å². The largest absolute Gasteiger partial charge is 0.376 e. The molecular weight excluding hydrogens is 488 g/mol. The van der Waals surface area contributed by atoms with E-state index >= 15 is 0 Å². The van der Waals surface area contributed by atoms with Crippen molar-refractivity contribution < 1.29 is 10.2 Å². The molecule has 1 aliphatic carbocycles. The predicted molar refractivity (Wildman–Crippen MR) is 164 cm³/mol. The lowest BCUT2D eigenvalue weighted by Crippen LogP contribution is -2.44. The summed E-state index contributed by atoms with van der Waals surface area (Å²) in [6, 6.07) is 42.8. The van der Waals surface area contributed by atoms with Gasteiger partial charge in [-0.05, 0) is 78.0 Å². The third kappa shape index (κ3) is 3.50. The third-order valence-corrected chi connectivity index (χ3v) is 8.71. The first kappa shape index (κ1) is 24.8. The van der Waals surface area contributed by atoms with Gasteiger partial charge in [0.2, 0.25) is 0 Å². The SMILES string of the molecule is CC(C)(C)c1ccc2c(c1)C(O)(c1ccc3ccccc3c1)c1ccccc1C2(O)c1ccc2ccccc2c1. The molecule has 2 N–H and O–H groups in total. The van der Waals surface area contributed by atoms with E-state index in [1.165, 1.54) is 0 Å². The van der Waals surface area contributed by atoms with E-state index in [1.54, 1.807) is 0 Å². The average molecular weight is 521 g/mol. The molecule has 40 heavy (non-hydrogen) atoms. The van der Waals surface area contributed by atoms with Gasteiger partial charge in [0, 0.05) is 0 Å². The van der Waals surface area contributed by atoms with Crippen LogP contribution < -0.4 is 0 Å². The monoisotopic (exact) mass is 520 g/mol. The second-order valence-corrected chi connectivity index (χ2v) is 12.1. The van der Waals surface area contributed by atoms with Crippen LogP contribution >= 0.6 is 0 Å².